The van der Waals surface area contributed by atoms with Crippen molar-refractivity contribution in [1.82, 2.24) is 9.66 Å². The Morgan fingerprint density at radius 2 is 1.78 bits per heavy atom. The van der Waals surface area contributed by atoms with Gasteiger partial charge in [-0.05, 0) is 86.8 Å². The van der Waals surface area contributed by atoms with Crippen molar-refractivity contribution in [2.45, 2.75) is 19.7 Å². The van der Waals surface area contributed by atoms with Gasteiger partial charge in [0.05, 0.1) is 33.8 Å². The molecule has 1 aliphatic rings. The lowest BCUT2D eigenvalue weighted by molar-refractivity contribution is -0.137. The number of alkyl halides is 3. The fourth-order valence-corrected chi connectivity index (χ4v) is 5.59. The van der Waals surface area contributed by atoms with Crippen LogP contribution in [0.25, 0.3) is 22.3 Å². The van der Waals surface area contributed by atoms with Crippen LogP contribution >= 0.6 is 31.9 Å². The van der Waals surface area contributed by atoms with Crippen molar-refractivity contribution in [2.75, 3.05) is 13.4 Å². The summed E-state index contributed by atoms with van der Waals surface area (Å²) in [5.41, 5.74) is 0.326. The zero-order chi connectivity index (χ0) is 31.7. The van der Waals surface area contributed by atoms with Crippen molar-refractivity contribution in [2.24, 2.45) is 5.10 Å². The molecule has 0 saturated carbocycles. The van der Waals surface area contributed by atoms with Crippen molar-refractivity contribution in [3.05, 3.63) is 109 Å². The molecule has 230 valence electrons. The highest BCUT2D eigenvalue weighted by Gasteiger charge is 2.31. The van der Waals surface area contributed by atoms with Crippen LogP contribution in [0.4, 0.5) is 13.2 Å². The molecule has 45 heavy (non-hydrogen) atoms. The van der Waals surface area contributed by atoms with E-state index in [9.17, 15) is 18.0 Å². The lowest BCUT2D eigenvalue weighted by Crippen LogP contribution is -2.20. The molecule has 0 bridgehead atoms. The third-order valence-electron chi connectivity index (χ3n) is 6.79. The Bertz CT molecular complexity index is 2010. The minimum atomic E-state index is -4.58. The first kappa shape index (κ1) is 30.7. The monoisotopic (exact) mass is 743 g/mol. The maximum atomic E-state index is 13.6. The Balaban J connectivity index is 1.40. The summed E-state index contributed by atoms with van der Waals surface area (Å²) in [5, 5.41) is 4.67. The lowest BCUT2D eigenvalue weighted by Gasteiger charge is -2.17. The molecule has 0 aliphatic carbocycles. The molecule has 0 radical (unpaired) electrons. The Morgan fingerprint density at radius 3 is 2.58 bits per heavy atom. The highest BCUT2D eigenvalue weighted by molar-refractivity contribution is 9.13. The van der Waals surface area contributed by atoms with E-state index in [-0.39, 0.29) is 30.2 Å². The van der Waals surface area contributed by atoms with Crippen LogP contribution in [0.3, 0.4) is 0 Å². The average Bonchev–Trinajstić information content (AvgIpc) is 3.50. The summed E-state index contributed by atoms with van der Waals surface area (Å²) in [4.78, 5) is 18.1. The molecule has 2 heterocycles. The van der Waals surface area contributed by atoms with Gasteiger partial charge in [-0.2, -0.15) is 22.9 Å². The number of aromatic nitrogens is 2. The Morgan fingerprint density at radius 1 is 0.978 bits per heavy atom. The molecule has 1 aromatic heterocycles. The van der Waals surface area contributed by atoms with Crippen molar-refractivity contribution < 1.29 is 32.1 Å². The number of hydrogen-bond acceptors (Lipinski definition) is 7. The number of halogens is 5. The number of nitrogens with zero attached hydrogens (tertiary/aromatic N) is 3. The van der Waals surface area contributed by atoms with Crippen LogP contribution in [0, 0.1) is 0 Å². The molecule has 13 heteroatoms. The molecule has 0 fully saturated rings. The fraction of sp³-hybridized carbons (Fsp3) is 0.156. The average molecular weight is 745 g/mol. The highest BCUT2D eigenvalue weighted by Crippen LogP contribution is 2.43. The molecule has 4 aromatic carbocycles. The number of hydrogen-bond donors (Lipinski definition) is 0. The van der Waals surface area contributed by atoms with Gasteiger partial charge in [0.15, 0.2) is 28.8 Å². The Labute approximate surface area is 271 Å². The van der Waals surface area contributed by atoms with Crippen molar-refractivity contribution in [3.63, 3.8) is 0 Å². The maximum absolute atomic E-state index is 13.6. The van der Waals surface area contributed by atoms with E-state index in [1.807, 2.05) is 25.1 Å². The van der Waals surface area contributed by atoms with Gasteiger partial charge < -0.3 is 18.9 Å². The Kier molecular flexibility index (Phi) is 8.56. The second-order valence-electron chi connectivity index (χ2n) is 9.72. The second-order valence-corrected chi connectivity index (χ2v) is 11.3. The number of benzene rings is 4. The molecule has 0 N–H and O–H groups in total. The summed E-state index contributed by atoms with van der Waals surface area (Å²) in [7, 11) is 0. The normalized spacial score (nSPS) is 12.7. The summed E-state index contributed by atoms with van der Waals surface area (Å²) in [6.07, 6.45) is -3.19. The van der Waals surface area contributed by atoms with Gasteiger partial charge in [-0.25, -0.2) is 4.98 Å². The van der Waals surface area contributed by atoms with E-state index in [4.69, 9.17) is 18.9 Å². The van der Waals surface area contributed by atoms with Crippen LogP contribution in [-0.4, -0.2) is 29.3 Å². The van der Waals surface area contributed by atoms with E-state index < -0.39 is 17.3 Å². The van der Waals surface area contributed by atoms with Crippen LogP contribution in [0.15, 0.2) is 91.6 Å². The van der Waals surface area contributed by atoms with E-state index in [2.05, 4.69) is 41.9 Å². The summed E-state index contributed by atoms with van der Waals surface area (Å²) < 4.78 is 65.5. The standard InChI is InChI=1S/C32H22Br2F3N3O5/c1-2-42-26-14-20(27(33)28(34)29(26)43-16-18-10-11-24-25(12-18)45-17-44-24)15-38-40-30(19-6-5-7-21(13-19)32(35,36)37)39-23-9-4-3-8-22(23)31(40)41/h3-15H,2,16-17H2,1H3. The second kappa shape index (κ2) is 12.6. The molecule has 8 nitrogen and oxygen atoms in total. The summed E-state index contributed by atoms with van der Waals surface area (Å²) in [6, 6.07) is 18.4. The largest absolute Gasteiger partial charge is 0.490 e. The summed E-state index contributed by atoms with van der Waals surface area (Å²) in [5.74, 6) is 2.07. The molecule has 6 rings (SSSR count). The quantitative estimate of drug-likeness (QED) is 0.149. The van der Waals surface area contributed by atoms with Crippen molar-refractivity contribution >= 4 is 49.0 Å². The maximum Gasteiger partial charge on any atom is 0.416 e. The van der Waals surface area contributed by atoms with Gasteiger partial charge in [-0.15, -0.1) is 0 Å². The first-order chi connectivity index (χ1) is 21.6. The lowest BCUT2D eigenvalue weighted by atomic mass is 10.1. The third kappa shape index (κ3) is 6.27. The van der Waals surface area contributed by atoms with E-state index in [1.165, 1.54) is 18.3 Å². The van der Waals surface area contributed by atoms with Crippen molar-refractivity contribution in [3.8, 4) is 34.4 Å². The van der Waals surface area contributed by atoms with Gasteiger partial charge in [0.2, 0.25) is 6.79 Å². The third-order valence-corrected chi connectivity index (χ3v) is 8.93. The fourth-order valence-electron chi connectivity index (χ4n) is 4.65. The van der Waals surface area contributed by atoms with E-state index in [0.717, 1.165) is 22.4 Å². The number of rotatable bonds is 8. The van der Waals surface area contributed by atoms with E-state index in [0.29, 0.717) is 49.6 Å². The molecule has 0 unspecified atom stereocenters. The number of ether oxygens (including phenoxy) is 4. The van der Waals surface area contributed by atoms with Gasteiger partial charge >= 0.3 is 6.18 Å². The first-order valence-corrected chi connectivity index (χ1v) is 15.1. The predicted octanol–water partition coefficient (Wildman–Crippen LogP) is 8.20. The van der Waals surface area contributed by atoms with Gasteiger partial charge in [0.1, 0.15) is 6.61 Å². The van der Waals surface area contributed by atoms with E-state index in [1.54, 1.807) is 30.3 Å². The molecule has 0 saturated heterocycles. The van der Waals surface area contributed by atoms with Gasteiger partial charge in [-0.1, -0.05) is 30.3 Å². The topological polar surface area (TPSA) is 84.2 Å². The number of para-hydroxylation sites is 1. The molecule has 5 aromatic rings. The van der Waals surface area contributed by atoms with Gasteiger partial charge in [0.25, 0.3) is 5.56 Å². The van der Waals surface area contributed by atoms with Crippen LogP contribution in [-0.2, 0) is 12.8 Å². The first-order valence-electron chi connectivity index (χ1n) is 13.5. The van der Waals surface area contributed by atoms with Crippen LogP contribution in [0.2, 0.25) is 0 Å². The van der Waals surface area contributed by atoms with Crippen molar-refractivity contribution in [1.29, 1.82) is 0 Å². The Hall–Kier alpha value is -4.36. The molecule has 1 aliphatic heterocycles. The number of fused-ring (bicyclic) bond motifs is 2. The zero-order valence-corrected chi connectivity index (χ0v) is 26.6. The van der Waals surface area contributed by atoms with Gasteiger partial charge in [0, 0.05) is 15.6 Å². The van der Waals surface area contributed by atoms with Gasteiger partial charge in [-0.3, -0.25) is 4.79 Å². The molecule has 0 amide bonds. The zero-order valence-electron chi connectivity index (χ0n) is 23.4. The smallest absolute Gasteiger partial charge is 0.416 e. The summed E-state index contributed by atoms with van der Waals surface area (Å²) >= 11 is 7.15. The minimum Gasteiger partial charge on any atom is -0.490 e. The van der Waals surface area contributed by atoms with Crippen LogP contribution in [0.5, 0.6) is 23.0 Å². The predicted molar refractivity (Wildman–Crippen MR) is 169 cm³/mol. The molecule has 0 atom stereocenters. The van der Waals surface area contributed by atoms with Crippen LogP contribution < -0.4 is 24.5 Å². The molecular formula is C32H22Br2F3N3O5. The van der Waals surface area contributed by atoms with E-state index >= 15 is 0 Å². The minimum absolute atomic E-state index is 0.0510. The SMILES string of the molecule is CCOc1cc(C=Nn2c(-c3cccc(C(F)(F)F)c3)nc3ccccc3c2=O)c(Br)c(Br)c1OCc1ccc2c(c1)OCO2. The summed E-state index contributed by atoms with van der Waals surface area (Å²) in [6.45, 7) is 2.53. The molecule has 0 spiro atoms. The highest BCUT2D eigenvalue weighted by atomic mass is 79.9. The molecular weight excluding hydrogens is 723 g/mol. The van der Waals surface area contributed by atoms with Crippen LogP contribution in [0.1, 0.15) is 23.6 Å².